The minimum absolute atomic E-state index is 0.0748. The third-order valence-electron chi connectivity index (χ3n) is 4.73. The lowest BCUT2D eigenvalue weighted by molar-refractivity contribution is -0.0257. The van der Waals surface area contributed by atoms with E-state index < -0.39 is 11.8 Å². The number of piperidine rings is 1. The summed E-state index contributed by atoms with van der Waals surface area (Å²) in [5, 5.41) is 0.391. The molecular formula is C22H26ClFN2O3. The highest BCUT2D eigenvalue weighted by Crippen LogP contribution is 2.29. The highest BCUT2D eigenvalue weighted by molar-refractivity contribution is 6.32. The Labute approximate surface area is 175 Å². The van der Waals surface area contributed by atoms with Gasteiger partial charge in [-0.15, -0.1) is 0 Å². The summed E-state index contributed by atoms with van der Waals surface area (Å²) in [6.07, 6.45) is 1.83. The van der Waals surface area contributed by atoms with Crippen LogP contribution in [0, 0.1) is 0 Å². The number of hydrogen-bond acceptors (Lipinski definition) is 4. The second-order valence-electron chi connectivity index (χ2n) is 7.71. The number of ether oxygens (including phenoxy) is 2. The summed E-state index contributed by atoms with van der Waals surface area (Å²) >= 11 is 6.20. The molecule has 2 aromatic carbocycles. The number of primary amides is 1. The maximum absolute atomic E-state index is 13.5. The zero-order valence-electron chi connectivity index (χ0n) is 16.7. The van der Waals surface area contributed by atoms with Crippen molar-refractivity contribution in [3.63, 3.8) is 0 Å². The van der Waals surface area contributed by atoms with Crippen LogP contribution in [0.4, 0.5) is 4.39 Å². The number of carbonyl (C=O) groups is 1. The Morgan fingerprint density at radius 2 is 1.86 bits per heavy atom. The summed E-state index contributed by atoms with van der Waals surface area (Å²) in [5.74, 6) is -1.11. The molecule has 1 aliphatic rings. The number of benzene rings is 2. The summed E-state index contributed by atoms with van der Waals surface area (Å²) in [5.41, 5.74) is 6.78. The van der Waals surface area contributed by atoms with Gasteiger partial charge < -0.3 is 15.2 Å². The number of nitrogens with two attached hydrogens (primary N) is 1. The molecule has 0 radical (unpaired) electrons. The molecule has 1 amide bonds. The molecule has 0 spiro atoms. The van der Waals surface area contributed by atoms with Crippen molar-refractivity contribution in [2.45, 2.75) is 45.2 Å². The van der Waals surface area contributed by atoms with Crippen LogP contribution in [0.5, 0.6) is 11.5 Å². The number of nitrogens with zero attached hydrogens (tertiary/aromatic N) is 1. The first kappa shape index (κ1) is 21.4. The van der Waals surface area contributed by atoms with E-state index in [1.54, 1.807) is 24.3 Å². The SMILES string of the molecule is CC(C)(F)Oc1ccc(CN2CCC(Oc3ccc(C(N)=O)cc3Cl)CC2)cc1. The van der Waals surface area contributed by atoms with Crippen molar-refractivity contribution in [2.75, 3.05) is 13.1 Å². The number of hydrogen-bond donors (Lipinski definition) is 1. The monoisotopic (exact) mass is 420 g/mol. The van der Waals surface area contributed by atoms with Crippen molar-refractivity contribution in [1.82, 2.24) is 4.90 Å². The van der Waals surface area contributed by atoms with Gasteiger partial charge in [0.05, 0.1) is 5.02 Å². The van der Waals surface area contributed by atoms with Crippen molar-refractivity contribution < 1.29 is 18.7 Å². The topological polar surface area (TPSA) is 64.8 Å². The van der Waals surface area contributed by atoms with Crippen LogP contribution < -0.4 is 15.2 Å². The second kappa shape index (κ2) is 9.01. The fourth-order valence-electron chi connectivity index (χ4n) is 3.32. The van der Waals surface area contributed by atoms with Crippen LogP contribution in [-0.2, 0) is 6.54 Å². The molecule has 7 heteroatoms. The molecule has 5 nitrogen and oxygen atoms in total. The molecule has 3 rings (SSSR count). The van der Waals surface area contributed by atoms with E-state index in [1.807, 2.05) is 12.1 Å². The maximum atomic E-state index is 13.5. The van der Waals surface area contributed by atoms with E-state index in [1.165, 1.54) is 19.9 Å². The van der Waals surface area contributed by atoms with Gasteiger partial charge in [-0.25, -0.2) is 0 Å². The van der Waals surface area contributed by atoms with Gasteiger partial charge in [0.1, 0.15) is 17.6 Å². The molecule has 1 heterocycles. The van der Waals surface area contributed by atoms with Crippen LogP contribution >= 0.6 is 11.6 Å². The van der Waals surface area contributed by atoms with Gasteiger partial charge in [0.2, 0.25) is 11.8 Å². The summed E-state index contributed by atoms with van der Waals surface area (Å²) in [7, 11) is 0. The van der Waals surface area contributed by atoms with Gasteiger partial charge in [0.15, 0.2) is 0 Å². The fourth-order valence-corrected chi connectivity index (χ4v) is 3.54. The highest BCUT2D eigenvalue weighted by atomic mass is 35.5. The van der Waals surface area contributed by atoms with Gasteiger partial charge in [0, 0.05) is 39.0 Å². The predicted molar refractivity (Wildman–Crippen MR) is 111 cm³/mol. The summed E-state index contributed by atoms with van der Waals surface area (Å²) in [6, 6.07) is 12.4. The van der Waals surface area contributed by atoms with Crippen molar-refractivity contribution in [1.29, 1.82) is 0 Å². The van der Waals surface area contributed by atoms with Crippen LogP contribution in [0.15, 0.2) is 42.5 Å². The van der Waals surface area contributed by atoms with Crippen LogP contribution in [-0.4, -0.2) is 35.9 Å². The molecule has 1 saturated heterocycles. The first-order valence-electron chi connectivity index (χ1n) is 9.65. The Morgan fingerprint density at radius 3 is 2.41 bits per heavy atom. The van der Waals surface area contributed by atoms with E-state index in [-0.39, 0.29) is 6.10 Å². The number of rotatable bonds is 7. The minimum atomic E-state index is -1.69. The Morgan fingerprint density at radius 1 is 1.21 bits per heavy atom. The first-order chi connectivity index (χ1) is 13.7. The van der Waals surface area contributed by atoms with Gasteiger partial charge in [-0.1, -0.05) is 23.7 Å². The van der Waals surface area contributed by atoms with Crippen LogP contribution in [0.1, 0.15) is 42.6 Å². The number of carbonyl (C=O) groups excluding carboxylic acids is 1. The standard InChI is InChI=1S/C22H26ClFN2O3/c1-22(2,24)29-18-6-3-15(4-7-18)14-26-11-9-17(10-12-26)28-20-8-5-16(21(25)27)13-19(20)23/h3-8,13,17H,9-12,14H2,1-2H3,(H2,25,27). The summed E-state index contributed by atoms with van der Waals surface area (Å²) in [6.45, 7) is 5.38. The fraction of sp³-hybridized carbons (Fsp3) is 0.409. The lowest BCUT2D eigenvalue weighted by Crippen LogP contribution is -2.37. The summed E-state index contributed by atoms with van der Waals surface area (Å²) < 4.78 is 24.8. The van der Waals surface area contributed by atoms with Gasteiger partial charge in [-0.3, -0.25) is 9.69 Å². The Hall–Kier alpha value is -2.31. The molecular weight excluding hydrogens is 395 g/mol. The van der Waals surface area contributed by atoms with Crippen molar-refractivity contribution >= 4 is 17.5 Å². The minimum Gasteiger partial charge on any atom is -0.489 e. The molecule has 156 valence electrons. The molecule has 0 saturated carbocycles. The smallest absolute Gasteiger partial charge is 0.248 e. The second-order valence-corrected chi connectivity index (χ2v) is 8.12. The van der Waals surface area contributed by atoms with E-state index in [0.29, 0.717) is 22.1 Å². The van der Waals surface area contributed by atoms with Crippen LogP contribution in [0.2, 0.25) is 5.02 Å². The molecule has 0 aromatic heterocycles. The van der Waals surface area contributed by atoms with Gasteiger partial charge >= 0.3 is 0 Å². The largest absolute Gasteiger partial charge is 0.489 e. The zero-order valence-corrected chi connectivity index (χ0v) is 17.4. The molecule has 1 aliphatic heterocycles. The molecule has 2 aromatic rings. The number of amides is 1. The molecule has 29 heavy (non-hydrogen) atoms. The van der Waals surface area contributed by atoms with Crippen molar-refractivity contribution in [2.24, 2.45) is 5.73 Å². The molecule has 2 N–H and O–H groups in total. The third-order valence-corrected chi connectivity index (χ3v) is 5.03. The van der Waals surface area contributed by atoms with Gasteiger partial charge in [0.25, 0.3) is 0 Å². The van der Waals surface area contributed by atoms with Crippen molar-refractivity contribution in [3.05, 3.63) is 58.6 Å². The lowest BCUT2D eigenvalue weighted by Gasteiger charge is -2.32. The lowest BCUT2D eigenvalue weighted by atomic mass is 10.1. The number of halogens is 2. The molecule has 0 atom stereocenters. The Bertz CT molecular complexity index is 844. The molecule has 0 bridgehead atoms. The average Bonchev–Trinajstić information content (AvgIpc) is 2.65. The Balaban J connectivity index is 1.49. The highest BCUT2D eigenvalue weighted by Gasteiger charge is 2.22. The Kier molecular flexibility index (Phi) is 6.65. The van der Waals surface area contributed by atoms with Gasteiger partial charge in [-0.2, -0.15) is 4.39 Å². The van der Waals surface area contributed by atoms with Gasteiger partial charge in [-0.05, 0) is 48.7 Å². The van der Waals surface area contributed by atoms with Crippen LogP contribution in [0.3, 0.4) is 0 Å². The normalized spacial score (nSPS) is 15.9. The number of alkyl halides is 1. The molecule has 0 aliphatic carbocycles. The summed E-state index contributed by atoms with van der Waals surface area (Å²) in [4.78, 5) is 13.6. The quantitative estimate of drug-likeness (QED) is 0.712. The molecule has 0 unspecified atom stereocenters. The molecule has 1 fully saturated rings. The maximum Gasteiger partial charge on any atom is 0.248 e. The van der Waals surface area contributed by atoms with Crippen LogP contribution in [0.25, 0.3) is 0 Å². The van der Waals surface area contributed by atoms with E-state index >= 15 is 0 Å². The number of likely N-dealkylation sites (tertiary alicyclic amines) is 1. The van der Waals surface area contributed by atoms with E-state index in [0.717, 1.165) is 38.0 Å². The first-order valence-corrected chi connectivity index (χ1v) is 10.0. The predicted octanol–water partition coefficient (Wildman–Crippen LogP) is 4.57. The van der Waals surface area contributed by atoms with Crippen molar-refractivity contribution in [3.8, 4) is 11.5 Å². The van der Waals surface area contributed by atoms with E-state index in [9.17, 15) is 9.18 Å². The van der Waals surface area contributed by atoms with E-state index in [4.69, 9.17) is 26.8 Å². The van der Waals surface area contributed by atoms with E-state index in [2.05, 4.69) is 4.90 Å². The zero-order chi connectivity index (χ0) is 21.0. The third kappa shape index (κ3) is 6.34. The average molecular weight is 421 g/mol.